The van der Waals surface area contributed by atoms with Crippen LogP contribution in [0, 0.1) is 5.95 Å². The number of primary amides is 1. The molecule has 1 amide bonds. The van der Waals surface area contributed by atoms with Crippen LogP contribution in [0.25, 0.3) is 0 Å². The lowest BCUT2D eigenvalue weighted by atomic mass is 10.1. The van der Waals surface area contributed by atoms with Crippen molar-refractivity contribution in [2.45, 2.75) is 12.5 Å². The molecule has 6 heteroatoms. The maximum absolute atomic E-state index is 13.0. The van der Waals surface area contributed by atoms with Crippen molar-refractivity contribution in [3.8, 4) is 5.75 Å². The summed E-state index contributed by atoms with van der Waals surface area (Å²) in [5, 5.41) is 0. The Morgan fingerprint density at radius 2 is 2.05 bits per heavy atom. The standard InChI is InChI=1S/C16H16FN3O2/c17-15-8-13(5-6-19-15)22-14-9-20(10-14)12-3-1-11(2-4-12)7-16(18)21/h1-6,8,14H,7,9-10H2,(H2,18,21). The van der Waals surface area contributed by atoms with Gasteiger partial charge in [-0.25, -0.2) is 4.98 Å². The number of nitrogens with two attached hydrogens (primary N) is 1. The maximum atomic E-state index is 13.0. The number of carbonyl (C=O) groups is 1. The van der Waals surface area contributed by atoms with Gasteiger partial charge in [0, 0.05) is 18.0 Å². The number of aromatic nitrogens is 1. The van der Waals surface area contributed by atoms with E-state index in [9.17, 15) is 9.18 Å². The zero-order chi connectivity index (χ0) is 15.5. The Balaban J connectivity index is 1.53. The van der Waals surface area contributed by atoms with E-state index in [4.69, 9.17) is 10.5 Å². The maximum Gasteiger partial charge on any atom is 0.221 e. The highest BCUT2D eigenvalue weighted by atomic mass is 19.1. The van der Waals surface area contributed by atoms with Gasteiger partial charge >= 0.3 is 0 Å². The normalized spacial score (nSPS) is 14.5. The van der Waals surface area contributed by atoms with Gasteiger partial charge in [0.05, 0.1) is 19.5 Å². The molecule has 0 radical (unpaired) electrons. The molecule has 5 nitrogen and oxygen atoms in total. The quantitative estimate of drug-likeness (QED) is 0.850. The van der Waals surface area contributed by atoms with Crippen molar-refractivity contribution in [1.82, 2.24) is 4.98 Å². The predicted octanol–water partition coefficient (Wildman–Crippen LogP) is 1.52. The van der Waals surface area contributed by atoms with E-state index in [1.54, 1.807) is 6.07 Å². The molecule has 0 atom stereocenters. The van der Waals surface area contributed by atoms with E-state index < -0.39 is 5.95 Å². The SMILES string of the molecule is NC(=O)Cc1ccc(N2CC(Oc3ccnc(F)c3)C2)cc1. The third-order valence-electron chi connectivity index (χ3n) is 3.53. The van der Waals surface area contributed by atoms with Crippen LogP contribution in [0.5, 0.6) is 5.75 Å². The minimum Gasteiger partial charge on any atom is -0.487 e. The number of hydrogen-bond donors (Lipinski definition) is 1. The van der Waals surface area contributed by atoms with Gasteiger partial charge in [0.25, 0.3) is 0 Å². The summed E-state index contributed by atoms with van der Waals surface area (Å²) in [5.41, 5.74) is 7.13. The number of rotatable bonds is 5. The topological polar surface area (TPSA) is 68.5 Å². The van der Waals surface area contributed by atoms with Crippen molar-refractivity contribution >= 4 is 11.6 Å². The van der Waals surface area contributed by atoms with Crippen LogP contribution in [0.15, 0.2) is 42.6 Å². The molecule has 0 spiro atoms. The molecule has 114 valence electrons. The molecule has 0 bridgehead atoms. The van der Waals surface area contributed by atoms with E-state index >= 15 is 0 Å². The number of nitrogens with zero attached hydrogens (tertiary/aromatic N) is 2. The highest BCUT2D eigenvalue weighted by Gasteiger charge is 2.28. The minimum absolute atomic E-state index is 0.0343. The second-order valence-corrected chi connectivity index (χ2v) is 5.27. The van der Waals surface area contributed by atoms with Crippen LogP contribution in [-0.2, 0) is 11.2 Å². The Morgan fingerprint density at radius 1 is 1.32 bits per heavy atom. The summed E-state index contributed by atoms with van der Waals surface area (Å²) < 4.78 is 18.7. The average Bonchev–Trinajstić information content (AvgIpc) is 2.43. The Labute approximate surface area is 127 Å². The average molecular weight is 301 g/mol. The second-order valence-electron chi connectivity index (χ2n) is 5.27. The van der Waals surface area contributed by atoms with E-state index in [1.165, 1.54) is 12.3 Å². The first-order valence-electron chi connectivity index (χ1n) is 7.00. The number of amides is 1. The Kier molecular flexibility index (Phi) is 3.91. The van der Waals surface area contributed by atoms with Crippen LogP contribution in [-0.4, -0.2) is 30.1 Å². The molecule has 1 aliphatic heterocycles. The Hall–Kier alpha value is -2.63. The van der Waals surface area contributed by atoms with Crippen molar-refractivity contribution in [3.63, 3.8) is 0 Å². The van der Waals surface area contributed by atoms with E-state index in [1.807, 2.05) is 24.3 Å². The van der Waals surface area contributed by atoms with Crippen LogP contribution < -0.4 is 15.4 Å². The van der Waals surface area contributed by atoms with Crippen molar-refractivity contribution in [3.05, 3.63) is 54.1 Å². The molecule has 0 saturated carbocycles. The van der Waals surface area contributed by atoms with Crippen molar-refractivity contribution in [1.29, 1.82) is 0 Å². The molecule has 1 aliphatic rings. The van der Waals surface area contributed by atoms with Gasteiger partial charge in [-0.3, -0.25) is 4.79 Å². The molecular weight excluding hydrogens is 285 g/mol. The van der Waals surface area contributed by atoms with Crippen LogP contribution in [0.4, 0.5) is 10.1 Å². The van der Waals surface area contributed by atoms with Crippen molar-refractivity contribution in [2.75, 3.05) is 18.0 Å². The van der Waals surface area contributed by atoms with Gasteiger partial charge in [0.1, 0.15) is 11.9 Å². The van der Waals surface area contributed by atoms with Gasteiger partial charge in [-0.1, -0.05) is 12.1 Å². The van der Waals surface area contributed by atoms with Crippen LogP contribution in [0.1, 0.15) is 5.56 Å². The summed E-state index contributed by atoms with van der Waals surface area (Å²) in [7, 11) is 0. The van der Waals surface area contributed by atoms with Gasteiger partial charge in [-0.15, -0.1) is 0 Å². The van der Waals surface area contributed by atoms with Gasteiger partial charge in [0.15, 0.2) is 0 Å². The van der Waals surface area contributed by atoms with Crippen LogP contribution in [0.3, 0.4) is 0 Å². The summed E-state index contributed by atoms with van der Waals surface area (Å²) in [4.78, 5) is 16.5. The molecule has 22 heavy (non-hydrogen) atoms. The fourth-order valence-corrected chi connectivity index (χ4v) is 2.40. The van der Waals surface area contributed by atoms with Crippen LogP contribution in [0.2, 0.25) is 0 Å². The first-order chi connectivity index (χ1) is 10.6. The largest absolute Gasteiger partial charge is 0.487 e. The lowest BCUT2D eigenvalue weighted by Crippen LogP contribution is -2.54. The fourth-order valence-electron chi connectivity index (χ4n) is 2.40. The van der Waals surface area contributed by atoms with Crippen molar-refractivity contribution < 1.29 is 13.9 Å². The number of pyridine rings is 1. The fraction of sp³-hybridized carbons (Fsp3) is 0.250. The van der Waals surface area contributed by atoms with Gasteiger partial charge < -0.3 is 15.4 Å². The van der Waals surface area contributed by atoms with E-state index in [-0.39, 0.29) is 18.4 Å². The molecule has 2 aromatic rings. The zero-order valence-corrected chi connectivity index (χ0v) is 11.9. The molecule has 1 aromatic heterocycles. The van der Waals surface area contributed by atoms with E-state index in [0.29, 0.717) is 5.75 Å². The molecule has 2 heterocycles. The Bertz CT molecular complexity index is 669. The third-order valence-corrected chi connectivity index (χ3v) is 3.53. The summed E-state index contributed by atoms with van der Waals surface area (Å²) in [5.74, 6) is -0.387. The molecule has 1 fully saturated rings. The molecular formula is C16H16FN3O2. The highest BCUT2D eigenvalue weighted by molar-refractivity contribution is 5.76. The van der Waals surface area contributed by atoms with Gasteiger partial charge in [-0.05, 0) is 23.8 Å². The first-order valence-corrected chi connectivity index (χ1v) is 7.00. The molecule has 2 N–H and O–H groups in total. The van der Waals surface area contributed by atoms with E-state index in [2.05, 4.69) is 9.88 Å². The lowest BCUT2D eigenvalue weighted by molar-refractivity contribution is -0.117. The smallest absolute Gasteiger partial charge is 0.221 e. The third kappa shape index (κ3) is 3.33. The number of halogens is 1. The molecule has 0 unspecified atom stereocenters. The summed E-state index contributed by atoms with van der Waals surface area (Å²) in [6, 6.07) is 10.6. The van der Waals surface area contributed by atoms with Crippen LogP contribution >= 0.6 is 0 Å². The number of anilines is 1. The zero-order valence-electron chi connectivity index (χ0n) is 11.9. The second kappa shape index (κ2) is 6.01. The van der Waals surface area contributed by atoms with Gasteiger partial charge in [-0.2, -0.15) is 4.39 Å². The highest BCUT2D eigenvalue weighted by Crippen LogP contribution is 2.24. The Morgan fingerprint density at radius 3 is 2.68 bits per heavy atom. The van der Waals surface area contributed by atoms with E-state index in [0.717, 1.165) is 24.3 Å². The summed E-state index contributed by atoms with van der Waals surface area (Å²) in [6.07, 6.45) is 1.67. The number of carbonyl (C=O) groups excluding carboxylic acids is 1. The lowest BCUT2D eigenvalue weighted by Gasteiger charge is -2.40. The number of hydrogen-bond acceptors (Lipinski definition) is 4. The molecule has 1 aromatic carbocycles. The molecule has 1 saturated heterocycles. The number of benzene rings is 1. The minimum atomic E-state index is -0.543. The monoisotopic (exact) mass is 301 g/mol. The van der Waals surface area contributed by atoms with Gasteiger partial charge in [0.2, 0.25) is 11.9 Å². The summed E-state index contributed by atoms with van der Waals surface area (Å²) >= 11 is 0. The molecule has 0 aliphatic carbocycles. The van der Waals surface area contributed by atoms with Crippen molar-refractivity contribution in [2.24, 2.45) is 5.73 Å². The first kappa shape index (κ1) is 14.3. The number of ether oxygens (including phenoxy) is 1. The summed E-state index contributed by atoms with van der Waals surface area (Å²) in [6.45, 7) is 1.47. The predicted molar refractivity (Wildman–Crippen MR) is 80.2 cm³/mol. The molecule has 3 rings (SSSR count).